The number of hydrogen-bond acceptors (Lipinski definition) is 4. The molecule has 1 saturated heterocycles. The molecule has 1 fully saturated rings. The summed E-state index contributed by atoms with van der Waals surface area (Å²) in [7, 11) is 0. The lowest BCUT2D eigenvalue weighted by Crippen LogP contribution is -2.41. The van der Waals surface area contributed by atoms with E-state index in [0.29, 0.717) is 27.8 Å². The number of carbonyl (C=O) groups is 2. The van der Waals surface area contributed by atoms with Gasteiger partial charge in [-0.3, -0.25) is 14.5 Å². The summed E-state index contributed by atoms with van der Waals surface area (Å²) in [6, 6.07) is 14.2. The second-order valence-corrected chi connectivity index (χ2v) is 7.04. The van der Waals surface area contributed by atoms with Gasteiger partial charge in [0.1, 0.15) is 0 Å². The number of anilines is 1. The number of rotatable bonds is 6. The maximum atomic E-state index is 12.6. The van der Waals surface area contributed by atoms with Gasteiger partial charge in [-0.2, -0.15) is 0 Å². The number of benzene rings is 2. The molecule has 1 heterocycles. The van der Waals surface area contributed by atoms with Gasteiger partial charge >= 0.3 is 0 Å². The Labute approximate surface area is 167 Å². The number of amides is 2. The van der Waals surface area contributed by atoms with Gasteiger partial charge in [0.15, 0.2) is 0 Å². The van der Waals surface area contributed by atoms with Crippen molar-refractivity contribution < 1.29 is 14.3 Å². The Bertz CT molecular complexity index is 807. The Morgan fingerprint density at radius 3 is 2.37 bits per heavy atom. The highest BCUT2D eigenvalue weighted by Gasteiger charge is 2.16. The minimum atomic E-state index is -0.268. The zero-order valence-corrected chi connectivity index (χ0v) is 16.5. The number of hydrogen-bond donors (Lipinski definition) is 2. The summed E-state index contributed by atoms with van der Waals surface area (Å²) in [5, 5.41) is 5.76. The van der Waals surface area contributed by atoms with E-state index in [1.807, 2.05) is 6.07 Å². The van der Waals surface area contributed by atoms with E-state index in [2.05, 4.69) is 31.5 Å². The van der Waals surface area contributed by atoms with Crippen molar-refractivity contribution in [3.8, 4) is 0 Å². The molecule has 1 aliphatic heterocycles. The minimum Gasteiger partial charge on any atom is -0.379 e. The fourth-order valence-electron chi connectivity index (χ4n) is 2.87. The molecule has 0 spiro atoms. The summed E-state index contributed by atoms with van der Waals surface area (Å²) in [6.45, 7) is 4.56. The number of carbonyl (C=O) groups excluding carboxylic acids is 2. The van der Waals surface area contributed by atoms with E-state index in [1.165, 1.54) is 0 Å². The van der Waals surface area contributed by atoms with Crippen molar-refractivity contribution in [1.29, 1.82) is 0 Å². The lowest BCUT2D eigenvalue weighted by Gasteiger charge is -2.26. The minimum absolute atomic E-state index is 0.203. The maximum absolute atomic E-state index is 12.6. The van der Waals surface area contributed by atoms with Crippen LogP contribution in [0.5, 0.6) is 0 Å². The highest BCUT2D eigenvalue weighted by atomic mass is 79.9. The van der Waals surface area contributed by atoms with Gasteiger partial charge in [0, 0.05) is 30.7 Å². The zero-order chi connectivity index (χ0) is 19.1. The molecule has 2 amide bonds. The zero-order valence-electron chi connectivity index (χ0n) is 14.9. The predicted molar refractivity (Wildman–Crippen MR) is 108 cm³/mol. The second-order valence-electron chi connectivity index (χ2n) is 6.19. The first-order valence-corrected chi connectivity index (χ1v) is 9.67. The van der Waals surface area contributed by atoms with Gasteiger partial charge < -0.3 is 15.4 Å². The Hall–Kier alpha value is -2.22. The molecular formula is C20H22BrN3O3. The average Bonchev–Trinajstić information content (AvgIpc) is 2.69. The van der Waals surface area contributed by atoms with Crippen LogP contribution in [0.15, 0.2) is 53.0 Å². The van der Waals surface area contributed by atoms with Crippen LogP contribution in [-0.2, 0) is 4.74 Å². The quantitative estimate of drug-likeness (QED) is 0.737. The first kappa shape index (κ1) is 19.5. The van der Waals surface area contributed by atoms with Gasteiger partial charge in [-0.05, 0) is 40.2 Å². The molecule has 0 saturated carbocycles. The van der Waals surface area contributed by atoms with Crippen LogP contribution in [0.2, 0.25) is 0 Å². The fourth-order valence-corrected chi connectivity index (χ4v) is 3.34. The molecule has 2 N–H and O–H groups in total. The van der Waals surface area contributed by atoms with Crippen molar-refractivity contribution in [2.45, 2.75) is 0 Å². The van der Waals surface area contributed by atoms with Gasteiger partial charge in [0.05, 0.1) is 30.0 Å². The number of halogens is 1. The van der Waals surface area contributed by atoms with Crippen molar-refractivity contribution in [3.63, 3.8) is 0 Å². The first-order valence-electron chi connectivity index (χ1n) is 8.88. The van der Waals surface area contributed by atoms with Crippen LogP contribution < -0.4 is 10.6 Å². The Morgan fingerprint density at radius 2 is 1.63 bits per heavy atom. The number of nitrogens with zero attached hydrogens (tertiary/aromatic N) is 1. The third kappa shape index (κ3) is 5.38. The molecule has 1 aliphatic rings. The number of nitrogens with one attached hydrogen (secondary N) is 2. The van der Waals surface area contributed by atoms with Crippen LogP contribution >= 0.6 is 15.9 Å². The molecule has 0 aliphatic carbocycles. The molecule has 7 heteroatoms. The molecule has 3 rings (SSSR count). The van der Waals surface area contributed by atoms with Crippen LogP contribution in [0.4, 0.5) is 5.69 Å². The van der Waals surface area contributed by atoms with Crippen LogP contribution in [-0.4, -0.2) is 56.1 Å². The summed E-state index contributed by atoms with van der Waals surface area (Å²) in [5.74, 6) is -0.470. The molecule has 0 atom stereocenters. The van der Waals surface area contributed by atoms with E-state index in [9.17, 15) is 9.59 Å². The maximum Gasteiger partial charge on any atom is 0.256 e. The Balaban J connectivity index is 1.62. The molecule has 27 heavy (non-hydrogen) atoms. The van der Waals surface area contributed by atoms with E-state index in [1.54, 1.807) is 42.5 Å². The van der Waals surface area contributed by atoms with Crippen LogP contribution in [0, 0.1) is 0 Å². The fraction of sp³-hybridized carbons (Fsp3) is 0.300. The second kappa shape index (κ2) is 9.64. The predicted octanol–water partition coefficient (Wildman–Crippen LogP) is 2.76. The van der Waals surface area contributed by atoms with E-state index in [4.69, 9.17) is 4.74 Å². The Kier molecular flexibility index (Phi) is 6.98. The number of ether oxygens (including phenoxy) is 1. The van der Waals surface area contributed by atoms with E-state index in [-0.39, 0.29) is 11.8 Å². The SMILES string of the molecule is O=C(Nc1ccccc1C(=O)NCCN1CCOCC1)c1ccccc1Br. The van der Waals surface area contributed by atoms with Crippen molar-refractivity contribution >= 4 is 33.4 Å². The summed E-state index contributed by atoms with van der Waals surface area (Å²) >= 11 is 3.38. The van der Waals surface area contributed by atoms with Crippen LogP contribution in [0.1, 0.15) is 20.7 Å². The molecule has 0 unspecified atom stereocenters. The topological polar surface area (TPSA) is 70.7 Å². The molecule has 0 radical (unpaired) electrons. The summed E-state index contributed by atoms with van der Waals surface area (Å²) < 4.78 is 6.03. The monoisotopic (exact) mass is 431 g/mol. The highest BCUT2D eigenvalue weighted by molar-refractivity contribution is 9.10. The first-order chi connectivity index (χ1) is 13.1. The molecule has 0 bridgehead atoms. The highest BCUT2D eigenvalue weighted by Crippen LogP contribution is 2.20. The summed E-state index contributed by atoms with van der Waals surface area (Å²) in [6.07, 6.45) is 0. The van der Waals surface area contributed by atoms with Crippen molar-refractivity contribution in [1.82, 2.24) is 10.2 Å². The average molecular weight is 432 g/mol. The summed E-state index contributed by atoms with van der Waals surface area (Å²) in [5.41, 5.74) is 1.45. The smallest absolute Gasteiger partial charge is 0.256 e. The van der Waals surface area contributed by atoms with Gasteiger partial charge in [0.2, 0.25) is 0 Å². The van der Waals surface area contributed by atoms with Crippen molar-refractivity contribution in [2.24, 2.45) is 0 Å². The van der Waals surface area contributed by atoms with Crippen LogP contribution in [0.3, 0.4) is 0 Å². The van der Waals surface area contributed by atoms with E-state index in [0.717, 1.165) is 32.8 Å². The normalized spacial score (nSPS) is 14.6. The van der Waals surface area contributed by atoms with Crippen LogP contribution in [0.25, 0.3) is 0 Å². The third-order valence-corrected chi connectivity index (χ3v) is 5.05. The molecule has 2 aromatic rings. The largest absolute Gasteiger partial charge is 0.379 e. The van der Waals surface area contributed by atoms with Gasteiger partial charge in [-0.15, -0.1) is 0 Å². The van der Waals surface area contributed by atoms with Gasteiger partial charge in [0.25, 0.3) is 11.8 Å². The number of para-hydroxylation sites is 1. The summed E-state index contributed by atoms with van der Waals surface area (Å²) in [4.78, 5) is 27.4. The molecular weight excluding hydrogens is 410 g/mol. The van der Waals surface area contributed by atoms with E-state index < -0.39 is 0 Å². The standard InChI is InChI=1S/C20H22BrN3O3/c21-17-7-3-1-5-15(17)20(26)23-18-8-4-2-6-16(18)19(25)22-9-10-24-11-13-27-14-12-24/h1-8H,9-14H2,(H,22,25)(H,23,26). The Morgan fingerprint density at radius 1 is 0.963 bits per heavy atom. The van der Waals surface area contributed by atoms with Gasteiger partial charge in [-0.1, -0.05) is 24.3 Å². The lowest BCUT2D eigenvalue weighted by atomic mass is 10.1. The number of morpholine rings is 1. The van der Waals surface area contributed by atoms with Crippen molar-refractivity contribution in [2.75, 3.05) is 44.7 Å². The lowest BCUT2D eigenvalue weighted by molar-refractivity contribution is 0.0383. The molecule has 6 nitrogen and oxygen atoms in total. The van der Waals surface area contributed by atoms with Gasteiger partial charge in [-0.25, -0.2) is 0 Å². The van der Waals surface area contributed by atoms with Crippen molar-refractivity contribution in [3.05, 3.63) is 64.1 Å². The molecule has 0 aromatic heterocycles. The molecule has 2 aromatic carbocycles. The third-order valence-electron chi connectivity index (χ3n) is 4.36. The van der Waals surface area contributed by atoms with E-state index >= 15 is 0 Å². The molecule has 142 valence electrons.